The minimum absolute atomic E-state index is 0.0525. The fraction of sp³-hybridized carbons (Fsp3) is 0.308. The summed E-state index contributed by atoms with van der Waals surface area (Å²) in [6, 6.07) is 12.1. The number of phenols is 1. The molecule has 4 heterocycles. The van der Waals surface area contributed by atoms with E-state index >= 15 is 0 Å². The van der Waals surface area contributed by atoms with Gasteiger partial charge in [0, 0.05) is 65.4 Å². The summed E-state index contributed by atoms with van der Waals surface area (Å²) in [4.78, 5) is 28.7. The largest absolute Gasteiger partial charge is 0.508 e. The first-order chi connectivity index (χ1) is 24.2. The van der Waals surface area contributed by atoms with Crippen molar-refractivity contribution in [3.05, 3.63) is 92.0 Å². The van der Waals surface area contributed by atoms with E-state index in [1.165, 1.54) is 18.2 Å². The van der Waals surface area contributed by atoms with Crippen molar-refractivity contribution in [2.45, 2.75) is 53.5 Å². The third-order valence-corrected chi connectivity index (χ3v) is 11.1. The number of phenolic OH excluding ortho intramolecular Hbond substituents is 1. The summed E-state index contributed by atoms with van der Waals surface area (Å²) in [6.45, 7) is 10.6. The molecule has 0 saturated heterocycles. The van der Waals surface area contributed by atoms with E-state index in [0.29, 0.717) is 46.8 Å². The fourth-order valence-electron chi connectivity index (χ4n) is 7.81. The average molecular weight is 729 g/mol. The molecule has 1 atom stereocenters. The van der Waals surface area contributed by atoms with Gasteiger partial charge in [-0.2, -0.15) is 5.10 Å². The Balaban J connectivity index is 1.40. The highest BCUT2D eigenvalue weighted by atomic mass is 35.5. The normalized spacial score (nSPS) is 14.6. The number of benzene rings is 3. The van der Waals surface area contributed by atoms with Crippen LogP contribution in [0, 0.1) is 27.7 Å². The zero-order chi connectivity index (χ0) is 36.6. The lowest BCUT2D eigenvalue weighted by Crippen LogP contribution is -2.43. The second-order valence-electron chi connectivity index (χ2n) is 13.6. The van der Waals surface area contributed by atoms with E-state index in [1.54, 1.807) is 16.5 Å². The Kier molecular flexibility index (Phi) is 8.58. The van der Waals surface area contributed by atoms with E-state index in [4.69, 9.17) is 27.9 Å². The third kappa shape index (κ3) is 5.52. The first-order valence-electron chi connectivity index (χ1n) is 16.8. The van der Waals surface area contributed by atoms with Gasteiger partial charge < -0.3 is 29.0 Å². The predicted octanol–water partition coefficient (Wildman–Crippen LogP) is 8.71. The number of carboxylic acids is 1. The quantitative estimate of drug-likeness (QED) is 0.152. The maximum atomic E-state index is 15.0. The van der Waals surface area contributed by atoms with E-state index in [1.807, 2.05) is 63.7 Å². The molecule has 0 fully saturated rings. The molecule has 10 nitrogen and oxygen atoms in total. The van der Waals surface area contributed by atoms with Crippen molar-refractivity contribution < 1.29 is 24.5 Å². The summed E-state index contributed by atoms with van der Waals surface area (Å²) in [7, 11) is 3.56. The SMILES string of the molecule is Cc1cc(OCCCc2c3n(c4c(-c5c(C)nn(C)c5C)c(Cl)ccc24)[C@H](C)CN(c2cc(O)cc4cc(C(=O)O)n(C)c24)C3=O)cc(C)c1Cl. The molecule has 2 N–H and O–H groups in total. The molecule has 0 bridgehead atoms. The highest BCUT2D eigenvalue weighted by Gasteiger charge is 2.38. The number of carboxylic acid groups (broad SMARTS) is 1. The maximum Gasteiger partial charge on any atom is 0.352 e. The lowest BCUT2D eigenvalue weighted by atomic mass is 9.98. The number of fused-ring (bicyclic) bond motifs is 4. The van der Waals surface area contributed by atoms with Crippen molar-refractivity contribution >= 4 is 62.6 Å². The molecule has 0 saturated carbocycles. The van der Waals surface area contributed by atoms with Crippen molar-refractivity contribution in [1.29, 1.82) is 0 Å². The molecule has 0 spiro atoms. The first-order valence-corrected chi connectivity index (χ1v) is 17.6. The molecule has 0 aliphatic carbocycles. The Hall–Kier alpha value is -4.93. The number of amides is 1. The van der Waals surface area contributed by atoms with Gasteiger partial charge in [-0.05, 0) is 94.5 Å². The van der Waals surface area contributed by atoms with Gasteiger partial charge in [0.15, 0.2) is 0 Å². The van der Waals surface area contributed by atoms with Crippen LogP contribution in [0.1, 0.15) is 68.4 Å². The monoisotopic (exact) mass is 727 g/mol. The molecule has 3 aromatic carbocycles. The predicted molar refractivity (Wildman–Crippen MR) is 201 cm³/mol. The summed E-state index contributed by atoms with van der Waals surface area (Å²) in [5.41, 5.74) is 8.72. The molecule has 12 heteroatoms. The van der Waals surface area contributed by atoms with Gasteiger partial charge in [0.25, 0.3) is 5.91 Å². The van der Waals surface area contributed by atoms with Crippen LogP contribution in [0.4, 0.5) is 5.69 Å². The van der Waals surface area contributed by atoms with Crippen LogP contribution < -0.4 is 9.64 Å². The molecule has 264 valence electrons. The zero-order valence-electron chi connectivity index (χ0n) is 29.6. The number of halogens is 2. The summed E-state index contributed by atoms with van der Waals surface area (Å²) < 4.78 is 11.7. The Morgan fingerprint density at radius 3 is 2.35 bits per heavy atom. The Bertz CT molecular complexity index is 2420. The van der Waals surface area contributed by atoms with E-state index in [0.717, 1.165) is 60.9 Å². The summed E-state index contributed by atoms with van der Waals surface area (Å²) in [6.07, 6.45) is 1.15. The number of hydrogen-bond donors (Lipinski definition) is 2. The average Bonchev–Trinajstić information content (AvgIpc) is 3.67. The van der Waals surface area contributed by atoms with E-state index in [2.05, 4.69) is 16.6 Å². The molecule has 3 aromatic heterocycles. The number of ether oxygens (including phenoxy) is 1. The highest BCUT2D eigenvalue weighted by Crippen LogP contribution is 2.46. The van der Waals surface area contributed by atoms with Crippen molar-refractivity contribution in [3.63, 3.8) is 0 Å². The Morgan fingerprint density at radius 2 is 1.71 bits per heavy atom. The molecular formula is C39H39Cl2N5O5. The zero-order valence-corrected chi connectivity index (χ0v) is 31.1. The van der Waals surface area contributed by atoms with Crippen molar-refractivity contribution in [1.82, 2.24) is 18.9 Å². The van der Waals surface area contributed by atoms with Gasteiger partial charge in [-0.25, -0.2) is 4.79 Å². The lowest BCUT2D eigenvalue weighted by Gasteiger charge is -2.35. The number of anilines is 1. The smallest absolute Gasteiger partial charge is 0.352 e. The van der Waals surface area contributed by atoms with Gasteiger partial charge in [0.2, 0.25) is 0 Å². The molecule has 1 amide bonds. The molecule has 6 aromatic rings. The van der Waals surface area contributed by atoms with Crippen LogP contribution >= 0.6 is 23.2 Å². The van der Waals surface area contributed by atoms with Gasteiger partial charge >= 0.3 is 5.97 Å². The first kappa shape index (κ1) is 34.5. The fourth-order valence-corrected chi connectivity index (χ4v) is 8.17. The van der Waals surface area contributed by atoms with Crippen molar-refractivity contribution in [2.75, 3.05) is 18.1 Å². The second kappa shape index (κ2) is 12.7. The summed E-state index contributed by atoms with van der Waals surface area (Å²) in [5, 5.41) is 28.1. The molecule has 0 radical (unpaired) electrons. The maximum absolute atomic E-state index is 15.0. The van der Waals surface area contributed by atoms with Crippen LogP contribution in [0.15, 0.2) is 42.5 Å². The number of hydrogen-bond acceptors (Lipinski definition) is 5. The highest BCUT2D eigenvalue weighted by molar-refractivity contribution is 6.35. The number of aromatic nitrogens is 4. The van der Waals surface area contributed by atoms with Gasteiger partial charge in [0.05, 0.1) is 34.0 Å². The van der Waals surface area contributed by atoms with Crippen LogP contribution in [0.3, 0.4) is 0 Å². The number of carbonyl (C=O) groups is 2. The van der Waals surface area contributed by atoms with Gasteiger partial charge in [-0.3, -0.25) is 9.48 Å². The van der Waals surface area contributed by atoms with Crippen LogP contribution in [-0.4, -0.2) is 54.2 Å². The van der Waals surface area contributed by atoms with Crippen molar-refractivity contribution in [2.24, 2.45) is 14.1 Å². The summed E-state index contributed by atoms with van der Waals surface area (Å²) >= 11 is 13.4. The molecule has 51 heavy (non-hydrogen) atoms. The minimum atomic E-state index is -1.10. The van der Waals surface area contributed by atoms with Gasteiger partial charge in [-0.1, -0.05) is 29.3 Å². The molecule has 0 unspecified atom stereocenters. The molecule has 1 aliphatic heterocycles. The lowest BCUT2D eigenvalue weighted by molar-refractivity contribution is 0.0687. The van der Waals surface area contributed by atoms with Crippen LogP contribution in [0.2, 0.25) is 10.0 Å². The Labute approximate surface area is 305 Å². The summed E-state index contributed by atoms with van der Waals surface area (Å²) in [5.74, 6) is -0.678. The van der Waals surface area contributed by atoms with Crippen LogP contribution in [0.5, 0.6) is 11.5 Å². The van der Waals surface area contributed by atoms with Gasteiger partial charge in [0.1, 0.15) is 22.9 Å². The third-order valence-electron chi connectivity index (χ3n) is 10.2. The Morgan fingerprint density at radius 1 is 1.00 bits per heavy atom. The topological polar surface area (TPSA) is 115 Å². The number of aryl methyl sites for hydroxylation is 6. The molecular weight excluding hydrogens is 689 g/mol. The number of aromatic carboxylic acids is 1. The van der Waals surface area contributed by atoms with Crippen molar-refractivity contribution in [3.8, 4) is 22.6 Å². The number of nitrogens with zero attached hydrogens (tertiary/aromatic N) is 5. The standard InChI is InChI=1S/C39H39Cl2N5O5/c1-19-13-26(14-20(2)34(19)41)51-12-8-9-27-28-10-11-29(40)33(32-22(4)42-44(7)23(32)5)36(28)46-21(3)18-45(38(48)37(27)46)30-17-25(47)15-24-16-31(39(49)50)43(6)35(24)30/h10-11,13-17,21,47H,8-9,12,18H2,1-7H3,(H,49,50)/t21-/m1/s1. The number of carbonyl (C=O) groups excluding carboxylic acids is 1. The molecule has 7 rings (SSSR count). The van der Waals surface area contributed by atoms with E-state index in [9.17, 15) is 19.8 Å². The van der Waals surface area contributed by atoms with Crippen LogP contribution in [0.25, 0.3) is 32.9 Å². The van der Waals surface area contributed by atoms with E-state index in [-0.39, 0.29) is 29.9 Å². The number of rotatable bonds is 8. The van der Waals surface area contributed by atoms with Gasteiger partial charge in [-0.15, -0.1) is 0 Å². The number of aromatic hydroxyl groups is 1. The van der Waals surface area contributed by atoms with Crippen LogP contribution in [-0.2, 0) is 20.5 Å². The second-order valence-corrected chi connectivity index (χ2v) is 14.4. The van der Waals surface area contributed by atoms with E-state index < -0.39 is 5.97 Å². The molecule has 1 aliphatic rings. The minimum Gasteiger partial charge on any atom is -0.508 e.